The third kappa shape index (κ3) is 3.28. The molecule has 0 spiro atoms. The van der Waals surface area contributed by atoms with Crippen molar-refractivity contribution in [3.8, 4) is 5.75 Å². The van der Waals surface area contributed by atoms with E-state index in [0.717, 1.165) is 17.9 Å². The standard InChI is InChI=1S/C16H26N2O/c1-12(2)15-8-6-10-18(15)11-14(17)13-7-4-5-9-16(13)19-3/h4-5,7,9,12,14-15H,6,8,10-11,17H2,1-3H3. The van der Waals surface area contributed by atoms with E-state index in [1.807, 2.05) is 18.2 Å². The number of hydrogen-bond donors (Lipinski definition) is 1. The Morgan fingerprint density at radius 2 is 2.11 bits per heavy atom. The van der Waals surface area contributed by atoms with Gasteiger partial charge in [-0.25, -0.2) is 0 Å². The quantitative estimate of drug-likeness (QED) is 0.887. The molecule has 0 radical (unpaired) electrons. The van der Waals surface area contributed by atoms with Gasteiger partial charge < -0.3 is 10.5 Å². The second kappa shape index (κ2) is 6.40. The Morgan fingerprint density at radius 1 is 1.37 bits per heavy atom. The summed E-state index contributed by atoms with van der Waals surface area (Å²) in [5.74, 6) is 1.60. The lowest BCUT2D eigenvalue weighted by Gasteiger charge is -2.30. The minimum atomic E-state index is 0.0236. The molecule has 2 unspecified atom stereocenters. The first-order valence-electron chi connectivity index (χ1n) is 7.26. The molecule has 0 saturated carbocycles. The Hall–Kier alpha value is -1.06. The Bertz CT molecular complexity index is 405. The van der Waals surface area contributed by atoms with Crippen molar-refractivity contribution in [2.75, 3.05) is 20.2 Å². The maximum atomic E-state index is 6.39. The van der Waals surface area contributed by atoms with Gasteiger partial charge in [-0.05, 0) is 31.4 Å². The van der Waals surface area contributed by atoms with Gasteiger partial charge in [0.2, 0.25) is 0 Å². The molecule has 1 aromatic rings. The number of methoxy groups -OCH3 is 1. The molecule has 1 aromatic carbocycles. The third-order valence-corrected chi connectivity index (χ3v) is 4.15. The van der Waals surface area contributed by atoms with E-state index in [1.165, 1.54) is 19.4 Å². The molecule has 3 heteroatoms. The van der Waals surface area contributed by atoms with Crippen molar-refractivity contribution >= 4 is 0 Å². The maximum absolute atomic E-state index is 6.39. The number of nitrogens with two attached hydrogens (primary N) is 1. The fourth-order valence-corrected chi connectivity index (χ4v) is 3.16. The molecule has 0 amide bonds. The summed E-state index contributed by atoms with van der Waals surface area (Å²) in [6.07, 6.45) is 2.60. The summed E-state index contributed by atoms with van der Waals surface area (Å²) in [4.78, 5) is 2.54. The summed E-state index contributed by atoms with van der Waals surface area (Å²) in [7, 11) is 1.71. The molecule has 0 bridgehead atoms. The average Bonchev–Trinajstić information content (AvgIpc) is 2.87. The van der Waals surface area contributed by atoms with Gasteiger partial charge in [-0.1, -0.05) is 32.0 Å². The number of ether oxygens (including phenoxy) is 1. The lowest BCUT2D eigenvalue weighted by molar-refractivity contribution is 0.195. The Kier molecular flexibility index (Phi) is 4.83. The molecule has 2 rings (SSSR count). The summed E-state index contributed by atoms with van der Waals surface area (Å²) < 4.78 is 5.41. The highest BCUT2D eigenvalue weighted by molar-refractivity contribution is 5.35. The van der Waals surface area contributed by atoms with E-state index in [0.29, 0.717) is 12.0 Å². The van der Waals surface area contributed by atoms with Crippen LogP contribution < -0.4 is 10.5 Å². The first-order valence-corrected chi connectivity index (χ1v) is 7.26. The van der Waals surface area contributed by atoms with E-state index >= 15 is 0 Å². The highest BCUT2D eigenvalue weighted by atomic mass is 16.5. The van der Waals surface area contributed by atoms with Crippen LogP contribution in [0.25, 0.3) is 0 Å². The molecule has 106 valence electrons. The zero-order chi connectivity index (χ0) is 13.8. The number of benzene rings is 1. The second-order valence-electron chi connectivity index (χ2n) is 5.80. The van der Waals surface area contributed by atoms with Crippen LogP contribution >= 0.6 is 0 Å². The van der Waals surface area contributed by atoms with Gasteiger partial charge >= 0.3 is 0 Å². The predicted molar refractivity (Wildman–Crippen MR) is 79.4 cm³/mol. The Balaban J connectivity index is 2.06. The van der Waals surface area contributed by atoms with Crippen LogP contribution in [0.5, 0.6) is 5.75 Å². The van der Waals surface area contributed by atoms with Gasteiger partial charge in [-0.2, -0.15) is 0 Å². The van der Waals surface area contributed by atoms with E-state index in [1.54, 1.807) is 7.11 Å². The Morgan fingerprint density at radius 3 is 2.79 bits per heavy atom. The van der Waals surface area contributed by atoms with Crippen molar-refractivity contribution in [2.45, 2.75) is 38.8 Å². The van der Waals surface area contributed by atoms with Gasteiger partial charge in [0, 0.05) is 24.2 Å². The van der Waals surface area contributed by atoms with Gasteiger partial charge in [-0.3, -0.25) is 4.90 Å². The van der Waals surface area contributed by atoms with Crippen molar-refractivity contribution in [1.29, 1.82) is 0 Å². The fraction of sp³-hybridized carbons (Fsp3) is 0.625. The van der Waals surface area contributed by atoms with Crippen LogP contribution in [0, 0.1) is 5.92 Å². The lowest BCUT2D eigenvalue weighted by atomic mass is 10.0. The highest BCUT2D eigenvalue weighted by Crippen LogP contribution is 2.28. The molecule has 1 aliphatic rings. The molecule has 0 aromatic heterocycles. The smallest absolute Gasteiger partial charge is 0.123 e. The molecular weight excluding hydrogens is 236 g/mol. The van der Waals surface area contributed by atoms with Crippen molar-refractivity contribution in [3.05, 3.63) is 29.8 Å². The largest absolute Gasteiger partial charge is 0.496 e. The molecule has 2 atom stereocenters. The molecular formula is C16H26N2O. The summed E-state index contributed by atoms with van der Waals surface area (Å²) in [5.41, 5.74) is 7.50. The first kappa shape index (κ1) is 14.4. The molecule has 2 N–H and O–H groups in total. The Labute approximate surface area is 116 Å². The van der Waals surface area contributed by atoms with Crippen LogP contribution in [0.15, 0.2) is 24.3 Å². The second-order valence-corrected chi connectivity index (χ2v) is 5.80. The van der Waals surface area contributed by atoms with Crippen LogP contribution in [-0.4, -0.2) is 31.1 Å². The van der Waals surface area contributed by atoms with Crippen molar-refractivity contribution in [2.24, 2.45) is 11.7 Å². The number of likely N-dealkylation sites (tertiary alicyclic amines) is 1. The highest BCUT2D eigenvalue weighted by Gasteiger charge is 2.28. The summed E-state index contributed by atoms with van der Waals surface area (Å²) >= 11 is 0. The first-order chi connectivity index (χ1) is 9.13. The molecule has 1 heterocycles. The lowest BCUT2D eigenvalue weighted by Crippen LogP contribution is -2.38. The number of rotatable bonds is 5. The monoisotopic (exact) mass is 262 g/mol. The third-order valence-electron chi connectivity index (χ3n) is 4.15. The van der Waals surface area contributed by atoms with Crippen molar-refractivity contribution in [1.82, 2.24) is 4.90 Å². The number of hydrogen-bond acceptors (Lipinski definition) is 3. The van der Waals surface area contributed by atoms with E-state index in [9.17, 15) is 0 Å². The van der Waals surface area contributed by atoms with Gasteiger partial charge in [0.15, 0.2) is 0 Å². The minimum absolute atomic E-state index is 0.0236. The molecule has 3 nitrogen and oxygen atoms in total. The molecule has 1 saturated heterocycles. The molecule has 1 fully saturated rings. The topological polar surface area (TPSA) is 38.5 Å². The van der Waals surface area contributed by atoms with Crippen LogP contribution in [-0.2, 0) is 0 Å². The van der Waals surface area contributed by atoms with Gasteiger partial charge in [0.05, 0.1) is 7.11 Å². The molecule has 0 aliphatic carbocycles. The molecule has 19 heavy (non-hydrogen) atoms. The predicted octanol–water partition coefficient (Wildman–Crippen LogP) is 2.82. The van der Waals surface area contributed by atoms with Gasteiger partial charge in [-0.15, -0.1) is 0 Å². The molecule has 1 aliphatic heterocycles. The van der Waals surface area contributed by atoms with E-state index in [2.05, 4.69) is 24.8 Å². The van der Waals surface area contributed by atoms with E-state index < -0.39 is 0 Å². The van der Waals surface area contributed by atoms with Gasteiger partial charge in [0.1, 0.15) is 5.75 Å². The normalized spacial score (nSPS) is 21.8. The van der Waals surface area contributed by atoms with Crippen LogP contribution in [0.3, 0.4) is 0 Å². The van der Waals surface area contributed by atoms with Gasteiger partial charge in [0.25, 0.3) is 0 Å². The van der Waals surface area contributed by atoms with E-state index in [4.69, 9.17) is 10.5 Å². The SMILES string of the molecule is COc1ccccc1C(N)CN1CCCC1C(C)C. The van der Waals surface area contributed by atoms with Crippen molar-refractivity contribution in [3.63, 3.8) is 0 Å². The van der Waals surface area contributed by atoms with Crippen LogP contribution in [0.2, 0.25) is 0 Å². The fourth-order valence-electron chi connectivity index (χ4n) is 3.16. The van der Waals surface area contributed by atoms with Crippen LogP contribution in [0.4, 0.5) is 0 Å². The van der Waals surface area contributed by atoms with Crippen LogP contribution in [0.1, 0.15) is 38.3 Å². The van der Waals surface area contributed by atoms with Crippen molar-refractivity contribution < 1.29 is 4.74 Å². The number of nitrogens with zero attached hydrogens (tertiary/aromatic N) is 1. The maximum Gasteiger partial charge on any atom is 0.123 e. The zero-order valence-corrected chi connectivity index (χ0v) is 12.3. The van der Waals surface area contributed by atoms with E-state index in [-0.39, 0.29) is 6.04 Å². The number of para-hydroxylation sites is 1. The minimum Gasteiger partial charge on any atom is -0.496 e. The summed E-state index contributed by atoms with van der Waals surface area (Å²) in [5, 5.41) is 0. The summed E-state index contributed by atoms with van der Waals surface area (Å²) in [6.45, 7) is 6.70. The zero-order valence-electron chi connectivity index (χ0n) is 12.3. The summed E-state index contributed by atoms with van der Waals surface area (Å²) in [6, 6.07) is 8.78. The average molecular weight is 262 g/mol.